The van der Waals surface area contributed by atoms with Gasteiger partial charge in [-0.2, -0.15) is 0 Å². The Morgan fingerprint density at radius 1 is 1.25 bits per heavy atom. The lowest BCUT2D eigenvalue weighted by molar-refractivity contribution is -0.212. The molecule has 0 saturated heterocycles. The molecule has 0 saturated carbocycles. The number of benzene rings is 1. The van der Waals surface area contributed by atoms with E-state index in [0.717, 1.165) is 5.56 Å². The van der Waals surface area contributed by atoms with Crippen molar-refractivity contribution in [1.82, 2.24) is 4.98 Å². The van der Waals surface area contributed by atoms with E-state index >= 15 is 0 Å². The number of ketones is 1. The summed E-state index contributed by atoms with van der Waals surface area (Å²) in [6, 6.07) is 9.98. The first-order valence-corrected chi connectivity index (χ1v) is 8.91. The second-order valence-electron chi connectivity index (χ2n) is 6.27. The predicted octanol–water partition coefficient (Wildman–Crippen LogP) is 2.43. The van der Waals surface area contributed by atoms with E-state index in [0.29, 0.717) is 23.1 Å². The summed E-state index contributed by atoms with van der Waals surface area (Å²) >= 11 is 0. The maximum absolute atomic E-state index is 12.3. The number of nitrogens with one attached hydrogen (secondary N) is 1. The molecule has 8 nitrogen and oxygen atoms in total. The van der Waals surface area contributed by atoms with Crippen LogP contribution in [0.1, 0.15) is 41.2 Å². The van der Waals surface area contributed by atoms with Crippen LogP contribution in [0.25, 0.3) is 11.1 Å². The van der Waals surface area contributed by atoms with Crippen molar-refractivity contribution in [3.63, 3.8) is 0 Å². The molecule has 2 aromatic heterocycles. The number of carbonyl (C=O) groups is 2. The van der Waals surface area contributed by atoms with Crippen molar-refractivity contribution in [2.24, 2.45) is 5.73 Å². The molecule has 2 unspecified atom stereocenters. The molecule has 2 heterocycles. The number of hydrogen-bond acceptors (Lipinski definition) is 7. The summed E-state index contributed by atoms with van der Waals surface area (Å²) in [5, 5.41) is 10.3. The van der Waals surface area contributed by atoms with Gasteiger partial charge in [0.05, 0.1) is 18.3 Å². The molecule has 148 valence electrons. The summed E-state index contributed by atoms with van der Waals surface area (Å²) in [6.45, 7) is 1.76. The van der Waals surface area contributed by atoms with Crippen LogP contribution in [0.5, 0.6) is 0 Å². The first-order valence-electron chi connectivity index (χ1n) is 8.91. The molecule has 3 aromatic rings. The molecule has 0 aliphatic heterocycles. The molecule has 2 atom stereocenters. The monoisotopic (exact) mass is 386 g/mol. The lowest BCUT2D eigenvalue weighted by Gasteiger charge is -2.20. The van der Waals surface area contributed by atoms with Crippen molar-refractivity contribution in [2.45, 2.75) is 32.3 Å². The average molecular weight is 386 g/mol. The van der Waals surface area contributed by atoms with E-state index in [-0.39, 0.29) is 24.4 Å². The molecular weight excluding hydrogens is 364 g/mol. The number of aromatic amines is 1. The highest BCUT2D eigenvalue weighted by Crippen LogP contribution is 2.21. The van der Waals surface area contributed by atoms with Gasteiger partial charge in [0.25, 0.3) is 0 Å². The molecule has 3 rings (SSSR count). The van der Waals surface area contributed by atoms with E-state index < -0.39 is 18.5 Å². The van der Waals surface area contributed by atoms with Crippen molar-refractivity contribution >= 4 is 22.9 Å². The number of nitrogens with two attached hydrogens (primary N) is 1. The minimum atomic E-state index is -1.28. The normalized spacial score (nSPS) is 13.4. The van der Waals surface area contributed by atoms with E-state index in [1.165, 1.54) is 6.26 Å². The van der Waals surface area contributed by atoms with Gasteiger partial charge in [0, 0.05) is 30.5 Å². The molecular formula is C20H22N2O6. The zero-order chi connectivity index (χ0) is 20.1. The van der Waals surface area contributed by atoms with Crippen LogP contribution in [0.4, 0.5) is 0 Å². The smallest absolute Gasteiger partial charge is 0.357 e. The second-order valence-corrected chi connectivity index (χ2v) is 6.27. The van der Waals surface area contributed by atoms with Gasteiger partial charge in [-0.05, 0) is 5.56 Å². The fourth-order valence-electron chi connectivity index (χ4n) is 2.67. The SMILES string of the molecule is CCC(OC(=O)c1cc2occc2[nH]1)OC(O)c1ccc(CC(=O)CN)cc1. The third kappa shape index (κ3) is 4.66. The van der Waals surface area contributed by atoms with Crippen LogP contribution >= 0.6 is 0 Å². The molecule has 8 heteroatoms. The Kier molecular flexibility index (Phi) is 6.25. The number of aromatic nitrogens is 1. The Morgan fingerprint density at radius 2 is 2.00 bits per heavy atom. The Morgan fingerprint density at radius 3 is 2.64 bits per heavy atom. The lowest BCUT2D eigenvalue weighted by Crippen LogP contribution is -2.23. The zero-order valence-corrected chi connectivity index (χ0v) is 15.4. The van der Waals surface area contributed by atoms with Crippen molar-refractivity contribution in [3.8, 4) is 0 Å². The van der Waals surface area contributed by atoms with Gasteiger partial charge >= 0.3 is 5.97 Å². The molecule has 0 aliphatic rings. The lowest BCUT2D eigenvalue weighted by atomic mass is 10.1. The number of H-pyrrole nitrogens is 1. The van der Waals surface area contributed by atoms with Crippen LogP contribution in [-0.4, -0.2) is 34.7 Å². The number of fused-ring (bicyclic) bond motifs is 1. The molecule has 1 aromatic carbocycles. The molecule has 4 N–H and O–H groups in total. The largest absolute Gasteiger partial charge is 0.463 e. The number of aliphatic hydroxyl groups is 1. The Labute approximate surface area is 161 Å². The standard InChI is InChI=1S/C20H22N2O6/c1-2-18(28-20(25)16-10-17-15(22-16)7-8-26-17)27-19(24)13-5-3-12(4-6-13)9-14(23)11-21/h3-8,10,18-19,22,24H,2,9,11,21H2,1H3. The maximum atomic E-state index is 12.3. The first-order chi connectivity index (χ1) is 13.5. The third-order valence-electron chi connectivity index (χ3n) is 4.21. The van der Waals surface area contributed by atoms with E-state index in [1.54, 1.807) is 43.3 Å². The molecule has 0 fully saturated rings. The van der Waals surface area contributed by atoms with Crippen molar-refractivity contribution in [1.29, 1.82) is 0 Å². The van der Waals surface area contributed by atoms with Gasteiger partial charge in [-0.15, -0.1) is 0 Å². The number of Topliss-reactive ketones (excluding diaryl/α,β-unsaturated/α-hetero) is 1. The van der Waals surface area contributed by atoms with Gasteiger partial charge in [0.2, 0.25) is 6.29 Å². The van der Waals surface area contributed by atoms with E-state index in [1.807, 2.05) is 0 Å². The van der Waals surface area contributed by atoms with Gasteiger partial charge in [-0.3, -0.25) is 4.79 Å². The maximum Gasteiger partial charge on any atom is 0.357 e. The van der Waals surface area contributed by atoms with Crippen molar-refractivity contribution in [2.75, 3.05) is 6.54 Å². The third-order valence-corrected chi connectivity index (χ3v) is 4.21. The van der Waals surface area contributed by atoms with Gasteiger partial charge in [0.1, 0.15) is 5.69 Å². The molecule has 28 heavy (non-hydrogen) atoms. The second kappa shape index (κ2) is 8.83. The summed E-state index contributed by atoms with van der Waals surface area (Å²) < 4.78 is 16.0. The molecule has 0 bridgehead atoms. The number of rotatable bonds is 9. The van der Waals surface area contributed by atoms with Gasteiger partial charge in [-0.1, -0.05) is 31.2 Å². The summed E-state index contributed by atoms with van der Waals surface area (Å²) in [6.07, 6.45) is -0.112. The van der Waals surface area contributed by atoms with E-state index in [4.69, 9.17) is 19.6 Å². The highest BCUT2D eigenvalue weighted by atomic mass is 16.7. The molecule has 0 radical (unpaired) electrons. The van der Waals surface area contributed by atoms with Gasteiger partial charge in [0.15, 0.2) is 17.7 Å². The van der Waals surface area contributed by atoms with E-state index in [2.05, 4.69) is 4.98 Å². The average Bonchev–Trinajstić information content (AvgIpc) is 3.30. The molecule has 0 aliphatic carbocycles. The van der Waals surface area contributed by atoms with Crippen molar-refractivity contribution < 1.29 is 28.6 Å². The van der Waals surface area contributed by atoms with Gasteiger partial charge in [-0.25, -0.2) is 4.79 Å². The van der Waals surface area contributed by atoms with E-state index in [9.17, 15) is 14.7 Å². The predicted molar refractivity (Wildman–Crippen MR) is 100 cm³/mol. The van der Waals surface area contributed by atoms with Crippen LogP contribution in [-0.2, 0) is 20.7 Å². The minimum absolute atomic E-state index is 0.0107. The molecule has 0 amide bonds. The quantitative estimate of drug-likeness (QED) is 0.381. The van der Waals surface area contributed by atoms with Crippen molar-refractivity contribution in [3.05, 3.63) is 59.5 Å². The highest BCUT2D eigenvalue weighted by molar-refractivity contribution is 5.93. The topological polar surface area (TPSA) is 128 Å². The number of hydrogen-bond donors (Lipinski definition) is 3. The zero-order valence-electron chi connectivity index (χ0n) is 15.4. The van der Waals surface area contributed by atoms with Crippen LogP contribution < -0.4 is 5.73 Å². The van der Waals surface area contributed by atoms with Crippen LogP contribution in [0, 0.1) is 0 Å². The summed E-state index contributed by atoms with van der Waals surface area (Å²) in [5.41, 5.74) is 8.06. The van der Waals surface area contributed by atoms with Crippen LogP contribution in [0.15, 0.2) is 47.1 Å². The number of furan rings is 1. The Hall–Kier alpha value is -2.94. The minimum Gasteiger partial charge on any atom is -0.463 e. The van der Waals surface area contributed by atoms with Crippen LogP contribution in [0.3, 0.4) is 0 Å². The first kappa shape index (κ1) is 19.8. The summed E-state index contributed by atoms with van der Waals surface area (Å²) in [4.78, 5) is 26.6. The highest BCUT2D eigenvalue weighted by Gasteiger charge is 2.21. The number of ether oxygens (including phenoxy) is 2. The van der Waals surface area contributed by atoms with Crippen LogP contribution in [0.2, 0.25) is 0 Å². The molecule has 0 spiro atoms. The fraction of sp³-hybridized carbons (Fsp3) is 0.300. The number of aliphatic hydroxyl groups excluding tert-OH is 1. The number of carbonyl (C=O) groups excluding carboxylic acids is 2. The summed E-state index contributed by atoms with van der Waals surface area (Å²) in [7, 11) is 0. The van der Waals surface area contributed by atoms with Gasteiger partial charge < -0.3 is 29.7 Å². The Balaban J connectivity index is 1.59. The summed E-state index contributed by atoms with van der Waals surface area (Å²) in [5.74, 6) is -0.681. The Bertz CT molecular complexity index is 915. The fourth-order valence-corrected chi connectivity index (χ4v) is 2.67. The number of esters is 1.